The maximum Gasteiger partial charge on any atom is 0.333 e. The molecule has 1 heterocycles. The van der Waals surface area contributed by atoms with Gasteiger partial charge in [0.2, 0.25) is 23.6 Å². The van der Waals surface area contributed by atoms with E-state index in [0.717, 1.165) is 44.9 Å². The number of nitrogens with zero attached hydrogens (tertiary/aromatic N) is 2. The van der Waals surface area contributed by atoms with E-state index in [-0.39, 0.29) is 115 Å². The predicted octanol–water partition coefficient (Wildman–Crippen LogP) is 1.87. The number of amides is 6. The van der Waals surface area contributed by atoms with Gasteiger partial charge in [-0.15, -0.1) is 10.7 Å². The first-order valence-electron chi connectivity index (χ1n) is 29.8. The summed E-state index contributed by atoms with van der Waals surface area (Å²) in [7, 11) is 1.84. The molecule has 0 radical (unpaired) electrons. The maximum atomic E-state index is 13.2. The highest BCUT2D eigenvalue weighted by molar-refractivity contribution is 6.01. The number of hydroxylamine groups is 4. The molecule has 1 aliphatic carbocycles. The summed E-state index contributed by atoms with van der Waals surface area (Å²) >= 11 is 0. The van der Waals surface area contributed by atoms with E-state index < -0.39 is 93.8 Å². The van der Waals surface area contributed by atoms with Crippen LogP contribution in [-0.2, 0) is 76.8 Å². The number of unbranched alkanes of at least 4 members (excludes halogenated alkanes) is 5. The number of imide groups is 1. The Balaban J connectivity index is 0.00000174. The lowest BCUT2D eigenvalue weighted by Gasteiger charge is -2.34. The molecule has 29 nitrogen and oxygen atoms in total. The third kappa shape index (κ3) is 35.5. The average molecular weight is 1230 g/mol. The molecule has 0 spiro atoms. The number of nitrogens with one attached hydrogen (secondary N) is 6. The molecule has 0 aromatic heterocycles. The van der Waals surface area contributed by atoms with Crippen molar-refractivity contribution in [3.8, 4) is 0 Å². The molecular formula is C57H100N10O19. The summed E-state index contributed by atoms with van der Waals surface area (Å²) in [6.45, 7) is 12.2. The Morgan fingerprint density at radius 2 is 1.37 bits per heavy atom. The van der Waals surface area contributed by atoms with Crippen LogP contribution in [0.5, 0.6) is 0 Å². The van der Waals surface area contributed by atoms with Crippen LogP contribution in [0.4, 0.5) is 0 Å². The van der Waals surface area contributed by atoms with Gasteiger partial charge in [0.1, 0.15) is 18.9 Å². The number of carboxylic acid groups (broad SMARTS) is 3. The van der Waals surface area contributed by atoms with Crippen molar-refractivity contribution in [2.75, 3.05) is 59.7 Å². The van der Waals surface area contributed by atoms with Crippen molar-refractivity contribution in [3.05, 3.63) is 0 Å². The van der Waals surface area contributed by atoms with Gasteiger partial charge in [-0.25, -0.2) is 15.4 Å². The third-order valence-electron chi connectivity index (χ3n) is 14.5. The zero-order chi connectivity index (χ0) is 64.9. The molecule has 1 aliphatic heterocycles. The minimum absolute atomic E-state index is 0.00428. The van der Waals surface area contributed by atoms with E-state index in [2.05, 4.69) is 26.6 Å². The van der Waals surface area contributed by atoms with Crippen LogP contribution in [0.15, 0.2) is 0 Å². The Hall–Kier alpha value is -6.08. The first-order chi connectivity index (χ1) is 40.4. The summed E-state index contributed by atoms with van der Waals surface area (Å²) in [6.07, 6.45) is 9.30. The fourth-order valence-corrected chi connectivity index (χ4v) is 10.2. The number of rotatable bonds is 47. The van der Waals surface area contributed by atoms with E-state index in [1.54, 1.807) is 13.8 Å². The molecule has 3 unspecified atom stereocenters. The van der Waals surface area contributed by atoms with Crippen LogP contribution in [0, 0.1) is 22.7 Å². The highest BCUT2D eigenvalue weighted by Crippen LogP contribution is 2.38. The van der Waals surface area contributed by atoms with Gasteiger partial charge in [-0.1, -0.05) is 47.0 Å². The quantitative estimate of drug-likeness (QED) is 0.0136. The monoisotopic (exact) mass is 1230 g/mol. The summed E-state index contributed by atoms with van der Waals surface area (Å²) in [4.78, 5) is 152. The molecule has 2 fully saturated rings. The SMILES string of the molecule is CNCCCCC(NC(C)(C)C(=O)COCCOCCN(CC(CCC(=O)O)NC(=O)CCC(NC(=O)C1CCC(CNC(=O)CC(C)(C)CC(C)(C)CC(=O)O)CC1)C(=O)O)ONN)C(N)=O.O=CCCCCCCC(=O)ON1C(=O)CCC1=O. The van der Waals surface area contributed by atoms with Crippen LogP contribution in [0.25, 0.3) is 0 Å². The number of Topliss-reactive ketones (excluding diaryl/α,β-unsaturated/α-hetero) is 1. The van der Waals surface area contributed by atoms with Crippen LogP contribution >= 0.6 is 0 Å². The minimum atomic E-state index is -1.35. The summed E-state index contributed by atoms with van der Waals surface area (Å²) in [5, 5.41) is 44.7. The molecule has 0 bridgehead atoms. The van der Waals surface area contributed by atoms with Crippen LogP contribution < -0.4 is 43.7 Å². The molecule has 3 atom stereocenters. The van der Waals surface area contributed by atoms with Crippen LogP contribution in [-0.4, -0.2) is 180 Å². The van der Waals surface area contributed by atoms with Gasteiger partial charge in [0.05, 0.1) is 37.8 Å². The van der Waals surface area contributed by atoms with E-state index in [1.165, 1.54) is 5.06 Å². The number of ketones is 1. The largest absolute Gasteiger partial charge is 0.481 e. The van der Waals surface area contributed by atoms with Gasteiger partial charge in [-0.3, -0.25) is 48.5 Å². The number of hydrogen-bond acceptors (Lipinski definition) is 21. The van der Waals surface area contributed by atoms with Crippen molar-refractivity contribution in [3.63, 3.8) is 0 Å². The number of carbonyl (C=O) groups is 12. The zero-order valence-electron chi connectivity index (χ0n) is 51.6. The lowest BCUT2D eigenvalue weighted by atomic mass is 9.71. The summed E-state index contributed by atoms with van der Waals surface area (Å²) in [5.41, 5.74) is 5.65. The number of ether oxygens (including phenoxy) is 2. The highest BCUT2D eigenvalue weighted by atomic mass is 16.8. The molecule has 1 saturated carbocycles. The average Bonchev–Trinajstić information content (AvgIpc) is 3.47. The number of carboxylic acids is 3. The molecule has 13 N–H and O–H groups in total. The number of hydrogen-bond donors (Lipinski definition) is 11. The molecule has 0 aromatic carbocycles. The summed E-state index contributed by atoms with van der Waals surface area (Å²) in [5.74, 6) is -1.67. The zero-order valence-corrected chi connectivity index (χ0v) is 51.6. The second-order valence-corrected chi connectivity index (χ2v) is 24.1. The topological polar surface area (TPSA) is 433 Å². The van der Waals surface area contributed by atoms with Gasteiger partial charge >= 0.3 is 23.9 Å². The summed E-state index contributed by atoms with van der Waals surface area (Å²) < 4.78 is 11.1. The van der Waals surface area contributed by atoms with Gasteiger partial charge in [0, 0.05) is 76.5 Å². The Labute approximate surface area is 504 Å². The third-order valence-corrected chi connectivity index (χ3v) is 14.5. The fourth-order valence-electron chi connectivity index (χ4n) is 10.2. The smallest absolute Gasteiger partial charge is 0.333 e. The Morgan fingerprint density at radius 3 is 1.97 bits per heavy atom. The molecule has 29 heteroatoms. The number of nitrogens with two attached hydrogens (primary N) is 2. The maximum absolute atomic E-state index is 13.2. The Bertz CT molecular complexity index is 2160. The van der Waals surface area contributed by atoms with E-state index in [1.807, 2.05) is 40.3 Å². The molecule has 6 amide bonds. The molecule has 0 aromatic rings. The molecular weight excluding hydrogens is 1130 g/mol. The van der Waals surface area contributed by atoms with E-state index in [4.69, 9.17) is 30.8 Å². The molecule has 492 valence electrons. The van der Waals surface area contributed by atoms with Gasteiger partial charge in [0.25, 0.3) is 11.8 Å². The van der Waals surface area contributed by atoms with Gasteiger partial charge in [-0.2, -0.15) is 10.0 Å². The van der Waals surface area contributed by atoms with Crippen molar-refractivity contribution < 1.29 is 92.1 Å². The Morgan fingerprint density at radius 1 is 0.733 bits per heavy atom. The van der Waals surface area contributed by atoms with E-state index >= 15 is 0 Å². The first-order valence-corrected chi connectivity index (χ1v) is 29.8. The molecule has 1 saturated heterocycles. The molecule has 2 rings (SSSR count). The van der Waals surface area contributed by atoms with Gasteiger partial charge in [-0.05, 0) is 115 Å². The van der Waals surface area contributed by atoms with Crippen LogP contribution in [0.1, 0.15) is 183 Å². The van der Waals surface area contributed by atoms with Gasteiger partial charge in [0.15, 0.2) is 5.78 Å². The number of aldehydes is 1. The number of carbonyl (C=O) groups excluding carboxylic acids is 9. The van der Waals surface area contributed by atoms with E-state index in [0.29, 0.717) is 63.0 Å². The van der Waals surface area contributed by atoms with Gasteiger partial charge < -0.3 is 61.4 Å². The number of aliphatic carboxylic acids is 3. The first kappa shape index (κ1) is 77.9. The highest BCUT2D eigenvalue weighted by Gasteiger charge is 2.36. The Kier molecular flexibility index (Phi) is 38.0. The van der Waals surface area contributed by atoms with E-state index in [9.17, 15) is 72.9 Å². The van der Waals surface area contributed by atoms with Crippen LogP contribution in [0.2, 0.25) is 0 Å². The summed E-state index contributed by atoms with van der Waals surface area (Å²) in [6, 6.07) is -2.81. The number of hydrazine groups is 1. The van der Waals surface area contributed by atoms with Crippen molar-refractivity contribution >= 4 is 71.4 Å². The second-order valence-electron chi connectivity index (χ2n) is 24.1. The molecule has 86 heavy (non-hydrogen) atoms. The van der Waals surface area contributed by atoms with Crippen molar-refractivity contribution in [2.45, 2.75) is 206 Å². The standard InChI is InChI=1S/C45H83N9O14.C12H17NO5/c1-43(2,29-44(3,4)25-39(60)61)24-37(57)49-26-30-11-13-31(14-12-30)41(63)51-34(42(64)65)16-17-36(56)50-32(15-18-38(58)59)27-54(68-53-47)20-21-66-22-23-67-28-35(55)45(5,6)52-33(40(46)62)10-8-9-19-48-7;14-9-5-3-1-2-4-6-12(17)18-13-10(15)7-8-11(13)16/h30-34,48,52-53H,8-29,47H2,1-7H3,(H2,46,62)(H,49,57)(H,50,56)(H,51,63)(H,58,59)(H,60,61)(H,64,65);9H,1-8H2. The lowest BCUT2D eigenvalue weighted by molar-refractivity contribution is -0.220. The van der Waals surface area contributed by atoms with Crippen molar-refractivity contribution in [1.29, 1.82) is 0 Å². The van der Waals surface area contributed by atoms with Crippen molar-refractivity contribution in [2.24, 2.45) is 34.2 Å². The van der Waals surface area contributed by atoms with Crippen LogP contribution in [0.3, 0.4) is 0 Å². The van der Waals surface area contributed by atoms with Crippen molar-refractivity contribution in [1.82, 2.24) is 42.3 Å². The predicted molar refractivity (Wildman–Crippen MR) is 311 cm³/mol. The number of primary amides is 1. The normalized spacial score (nSPS) is 16.5. The fraction of sp³-hybridized carbons (Fsp3) is 0.789. The molecule has 2 aliphatic rings. The minimum Gasteiger partial charge on any atom is -0.481 e. The second kappa shape index (κ2) is 41.9. The lowest BCUT2D eigenvalue weighted by Crippen LogP contribution is -2.56.